The standard InChI is InChI=1S/C15H28N2O2/c1-7-13(19-6)14(15(2,3)4)16-17-10-8-9-12(17)11-18-5/h12,14,16H,1,8-11H2,2-6H3/t12-,14+/m0/s1. The van der Waals surface area contributed by atoms with Crippen molar-refractivity contribution < 1.29 is 9.47 Å². The van der Waals surface area contributed by atoms with Crippen LogP contribution in [0, 0.1) is 5.41 Å². The van der Waals surface area contributed by atoms with E-state index >= 15 is 0 Å². The molecule has 1 N–H and O–H groups in total. The third-order valence-electron chi connectivity index (χ3n) is 3.55. The molecule has 0 bridgehead atoms. The van der Waals surface area contributed by atoms with E-state index in [1.165, 1.54) is 6.42 Å². The van der Waals surface area contributed by atoms with Crippen molar-refractivity contribution in [3.8, 4) is 0 Å². The third kappa shape index (κ3) is 4.36. The van der Waals surface area contributed by atoms with Crippen LogP contribution in [-0.4, -0.2) is 44.5 Å². The van der Waals surface area contributed by atoms with Gasteiger partial charge in [-0.05, 0) is 18.3 Å². The lowest BCUT2D eigenvalue weighted by atomic mass is 9.86. The molecule has 4 heteroatoms. The molecule has 2 atom stereocenters. The van der Waals surface area contributed by atoms with Crippen molar-refractivity contribution in [1.82, 2.24) is 10.4 Å². The van der Waals surface area contributed by atoms with Crippen molar-refractivity contribution >= 4 is 0 Å². The highest BCUT2D eigenvalue weighted by atomic mass is 16.5. The molecule has 0 aromatic heterocycles. The molecule has 0 aromatic rings. The number of nitrogens with zero attached hydrogens (tertiary/aromatic N) is 1. The Hall–Kier alpha value is -0.800. The first-order valence-corrected chi connectivity index (χ1v) is 6.89. The van der Waals surface area contributed by atoms with Crippen LogP contribution in [0.3, 0.4) is 0 Å². The quantitative estimate of drug-likeness (QED) is 0.592. The van der Waals surface area contributed by atoms with Crippen molar-refractivity contribution in [1.29, 1.82) is 0 Å². The van der Waals surface area contributed by atoms with Crippen LogP contribution in [0.15, 0.2) is 18.1 Å². The van der Waals surface area contributed by atoms with Crippen LogP contribution in [-0.2, 0) is 9.47 Å². The van der Waals surface area contributed by atoms with E-state index in [-0.39, 0.29) is 11.5 Å². The first-order valence-electron chi connectivity index (χ1n) is 6.89. The van der Waals surface area contributed by atoms with Gasteiger partial charge in [0.2, 0.25) is 0 Å². The Kier molecular flexibility index (Phi) is 6.08. The number of hydrogen-bond donors (Lipinski definition) is 1. The Labute approximate surface area is 117 Å². The van der Waals surface area contributed by atoms with Crippen LogP contribution in [0.4, 0.5) is 0 Å². The molecule has 1 saturated heterocycles. The molecule has 1 rings (SSSR count). The lowest BCUT2D eigenvalue weighted by Crippen LogP contribution is -2.53. The van der Waals surface area contributed by atoms with E-state index in [0.717, 1.165) is 25.3 Å². The van der Waals surface area contributed by atoms with E-state index < -0.39 is 0 Å². The fraction of sp³-hybridized carbons (Fsp3) is 0.800. The Morgan fingerprint density at radius 3 is 2.63 bits per heavy atom. The summed E-state index contributed by atoms with van der Waals surface area (Å²) in [5, 5.41) is 2.27. The van der Waals surface area contributed by atoms with Gasteiger partial charge in [-0.2, -0.15) is 0 Å². The maximum Gasteiger partial charge on any atom is 0.156 e. The first-order chi connectivity index (χ1) is 8.93. The minimum Gasteiger partial charge on any atom is -0.491 e. The summed E-state index contributed by atoms with van der Waals surface area (Å²) in [6, 6.07) is 0.491. The van der Waals surface area contributed by atoms with E-state index in [1.807, 2.05) is 0 Å². The summed E-state index contributed by atoms with van der Waals surface area (Å²) < 4.78 is 10.7. The highest BCUT2D eigenvalue weighted by Gasteiger charge is 2.34. The van der Waals surface area contributed by atoms with Gasteiger partial charge in [0.25, 0.3) is 0 Å². The van der Waals surface area contributed by atoms with Crippen molar-refractivity contribution in [3.05, 3.63) is 18.1 Å². The van der Waals surface area contributed by atoms with Gasteiger partial charge in [-0.3, -0.25) is 0 Å². The van der Waals surface area contributed by atoms with E-state index in [9.17, 15) is 0 Å². The molecule has 0 spiro atoms. The number of rotatable bonds is 6. The number of hydrazine groups is 1. The zero-order valence-electron chi connectivity index (χ0n) is 13.0. The number of hydrogen-bond acceptors (Lipinski definition) is 4. The predicted molar refractivity (Wildman–Crippen MR) is 77.6 cm³/mol. The summed E-state index contributed by atoms with van der Waals surface area (Å²) in [6.45, 7) is 12.1. The monoisotopic (exact) mass is 268 g/mol. The number of ether oxygens (including phenoxy) is 2. The minimum atomic E-state index is 0.0241. The smallest absolute Gasteiger partial charge is 0.156 e. The molecule has 0 radical (unpaired) electrons. The maximum absolute atomic E-state index is 5.42. The van der Waals surface area contributed by atoms with Gasteiger partial charge in [0.1, 0.15) is 0 Å². The molecule has 0 aliphatic carbocycles. The van der Waals surface area contributed by atoms with Gasteiger partial charge >= 0.3 is 0 Å². The van der Waals surface area contributed by atoms with Crippen LogP contribution in [0.2, 0.25) is 0 Å². The largest absolute Gasteiger partial charge is 0.491 e. The molecule has 1 fully saturated rings. The van der Waals surface area contributed by atoms with Crippen LogP contribution >= 0.6 is 0 Å². The Bertz CT molecular complexity index is 330. The molecule has 0 unspecified atom stereocenters. The van der Waals surface area contributed by atoms with Gasteiger partial charge in [0.05, 0.1) is 19.8 Å². The topological polar surface area (TPSA) is 33.7 Å². The van der Waals surface area contributed by atoms with Crippen LogP contribution < -0.4 is 5.43 Å². The molecule has 1 heterocycles. The SMILES string of the molecule is C=C=C(OC)[C@@H](NN1CCC[C@H]1COC)C(C)(C)C. The van der Waals surface area contributed by atoms with E-state index in [2.05, 4.69) is 43.5 Å². The van der Waals surface area contributed by atoms with Gasteiger partial charge in [0.15, 0.2) is 5.76 Å². The van der Waals surface area contributed by atoms with Gasteiger partial charge in [-0.15, -0.1) is 0 Å². The van der Waals surface area contributed by atoms with Crippen molar-refractivity contribution in [3.63, 3.8) is 0 Å². The number of nitrogens with one attached hydrogen (secondary N) is 1. The van der Waals surface area contributed by atoms with Crippen molar-refractivity contribution in [2.75, 3.05) is 27.4 Å². The van der Waals surface area contributed by atoms with Gasteiger partial charge in [-0.1, -0.05) is 33.1 Å². The summed E-state index contributed by atoms with van der Waals surface area (Å²) in [4.78, 5) is 0. The summed E-state index contributed by atoms with van der Waals surface area (Å²) in [5.74, 6) is 0.760. The molecule has 110 valence electrons. The second-order valence-electron chi connectivity index (χ2n) is 6.12. The molecule has 1 aliphatic rings. The molecule has 0 amide bonds. The van der Waals surface area contributed by atoms with E-state index in [0.29, 0.717) is 6.04 Å². The van der Waals surface area contributed by atoms with Crippen LogP contribution in [0.1, 0.15) is 33.6 Å². The zero-order valence-corrected chi connectivity index (χ0v) is 13.0. The average molecular weight is 268 g/mol. The second kappa shape index (κ2) is 7.11. The average Bonchev–Trinajstić information content (AvgIpc) is 2.76. The molecular weight excluding hydrogens is 240 g/mol. The lowest BCUT2D eigenvalue weighted by Gasteiger charge is -2.37. The van der Waals surface area contributed by atoms with Gasteiger partial charge in [-0.25, -0.2) is 10.4 Å². The fourth-order valence-electron chi connectivity index (χ4n) is 2.47. The molecular formula is C15H28N2O2. The summed E-state index contributed by atoms with van der Waals surface area (Å²) in [5.41, 5.74) is 6.51. The first kappa shape index (κ1) is 16.3. The van der Waals surface area contributed by atoms with E-state index in [4.69, 9.17) is 9.47 Å². The zero-order chi connectivity index (χ0) is 14.5. The van der Waals surface area contributed by atoms with Crippen molar-refractivity contribution in [2.45, 2.75) is 45.7 Å². The fourth-order valence-corrected chi connectivity index (χ4v) is 2.47. The van der Waals surface area contributed by atoms with Gasteiger partial charge < -0.3 is 9.47 Å². The minimum absolute atomic E-state index is 0.0241. The third-order valence-corrected chi connectivity index (χ3v) is 3.55. The maximum atomic E-state index is 5.42. The second-order valence-corrected chi connectivity index (χ2v) is 6.12. The molecule has 1 aliphatic heterocycles. The lowest BCUT2D eigenvalue weighted by molar-refractivity contribution is 0.0441. The normalized spacial score (nSPS) is 22.1. The molecule has 4 nitrogen and oxygen atoms in total. The summed E-state index contributed by atoms with van der Waals surface area (Å²) in [6.07, 6.45) is 2.36. The number of methoxy groups -OCH3 is 2. The Morgan fingerprint density at radius 1 is 1.47 bits per heavy atom. The predicted octanol–water partition coefficient (Wildman–Crippen LogP) is 2.33. The van der Waals surface area contributed by atoms with Gasteiger partial charge in [0, 0.05) is 19.7 Å². The highest BCUT2D eigenvalue weighted by Crippen LogP contribution is 2.27. The summed E-state index contributed by atoms with van der Waals surface area (Å²) >= 11 is 0. The van der Waals surface area contributed by atoms with Crippen LogP contribution in [0.25, 0.3) is 0 Å². The van der Waals surface area contributed by atoms with E-state index in [1.54, 1.807) is 14.2 Å². The Balaban J connectivity index is 2.80. The molecule has 19 heavy (non-hydrogen) atoms. The van der Waals surface area contributed by atoms with Crippen LogP contribution in [0.5, 0.6) is 0 Å². The summed E-state index contributed by atoms with van der Waals surface area (Å²) in [7, 11) is 3.42. The Morgan fingerprint density at radius 2 is 2.16 bits per heavy atom. The molecule has 0 saturated carbocycles. The highest BCUT2D eigenvalue weighted by molar-refractivity contribution is 5.06. The van der Waals surface area contributed by atoms with Crippen molar-refractivity contribution in [2.24, 2.45) is 5.41 Å². The molecule has 0 aromatic carbocycles.